The fraction of sp³-hybridized carbons (Fsp3) is 0.429. The zero-order valence-electron chi connectivity index (χ0n) is 7.06. The Morgan fingerprint density at radius 2 is 1.77 bits per heavy atom. The quantitative estimate of drug-likeness (QED) is 0.348. The van der Waals surface area contributed by atoms with Gasteiger partial charge in [-0.05, 0) is 0 Å². The van der Waals surface area contributed by atoms with Crippen molar-refractivity contribution in [3.8, 4) is 0 Å². The number of aliphatic hydroxyl groups excluding tert-OH is 2. The highest BCUT2D eigenvalue weighted by atomic mass is 16.3. The van der Waals surface area contributed by atoms with Gasteiger partial charge in [0, 0.05) is 5.57 Å². The molecule has 0 saturated heterocycles. The van der Waals surface area contributed by atoms with E-state index in [2.05, 4.69) is 6.58 Å². The molecule has 0 rings (SSSR count). The van der Waals surface area contributed by atoms with Gasteiger partial charge in [0.05, 0.1) is 6.42 Å². The number of carbonyl (C=O) groups is 2. The molecule has 2 amide bonds. The van der Waals surface area contributed by atoms with Crippen LogP contribution in [0.5, 0.6) is 0 Å². The summed E-state index contributed by atoms with van der Waals surface area (Å²) in [6.07, 6.45) is -0.282. The first-order valence-electron chi connectivity index (χ1n) is 3.50. The zero-order valence-corrected chi connectivity index (χ0v) is 7.06. The highest BCUT2D eigenvalue weighted by molar-refractivity contribution is 5.97. The van der Waals surface area contributed by atoms with E-state index >= 15 is 0 Å². The number of carbonyl (C=O) groups excluding carboxylic acids is 2. The highest BCUT2D eigenvalue weighted by Crippen LogP contribution is 2.02. The summed E-state index contributed by atoms with van der Waals surface area (Å²) in [4.78, 5) is 22.2. The Kier molecular flexibility index (Phi) is 4.71. The minimum absolute atomic E-state index is 0.0596. The van der Waals surface area contributed by atoms with Crippen molar-refractivity contribution in [1.82, 2.24) is 4.90 Å². The maximum Gasteiger partial charge on any atom is 0.253 e. The van der Waals surface area contributed by atoms with Crippen LogP contribution in [0.4, 0.5) is 0 Å². The Hall–Kier alpha value is -1.40. The molecular formula is C7H12N2O4. The SMILES string of the molecule is C=C(CC(N)=O)C(=O)N(CO)CO. The molecule has 0 heterocycles. The van der Waals surface area contributed by atoms with Crippen LogP contribution in [0.1, 0.15) is 6.42 Å². The van der Waals surface area contributed by atoms with Gasteiger partial charge in [-0.15, -0.1) is 0 Å². The fourth-order valence-electron chi connectivity index (χ4n) is 0.683. The Bertz CT molecular complexity index is 223. The van der Waals surface area contributed by atoms with Gasteiger partial charge >= 0.3 is 0 Å². The molecule has 0 unspecified atom stereocenters. The lowest BCUT2D eigenvalue weighted by molar-refractivity contribution is -0.136. The Morgan fingerprint density at radius 3 is 2.08 bits per heavy atom. The van der Waals surface area contributed by atoms with Crippen LogP contribution in [-0.2, 0) is 9.59 Å². The average molecular weight is 188 g/mol. The van der Waals surface area contributed by atoms with Crippen LogP contribution in [0.2, 0.25) is 0 Å². The second-order valence-electron chi connectivity index (χ2n) is 2.37. The van der Waals surface area contributed by atoms with E-state index in [0.717, 1.165) is 0 Å². The lowest BCUT2D eigenvalue weighted by Crippen LogP contribution is -2.34. The van der Waals surface area contributed by atoms with Crippen molar-refractivity contribution in [3.63, 3.8) is 0 Å². The Labute approximate surface area is 75.3 Å². The van der Waals surface area contributed by atoms with Gasteiger partial charge in [0.1, 0.15) is 13.5 Å². The third-order valence-electron chi connectivity index (χ3n) is 1.32. The van der Waals surface area contributed by atoms with Crippen molar-refractivity contribution in [1.29, 1.82) is 0 Å². The number of aliphatic hydroxyl groups is 2. The minimum Gasteiger partial charge on any atom is -0.376 e. The molecule has 13 heavy (non-hydrogen) atoms. The molecule has 0 aromatic rings. The van der Waals surface area contributed by atoms with Gasteiger partial charge < -0.3 is 15.9 Å². The lowest BCUT2D eigenvalue weighted by atomic mass is 10.2. The van der Waals surface area contributed by atoms with Gasteiger partial charge in [0.15, 0.2) is 0 Å². The normalized spacial score (nSPS) is 9.38. The molecule has 0 radical (unpaired) electrons. The molecule has 0 saturated carbocycles. The van der Waals surface area contributed by atoms with E-state index in [1.807, 2.05) is 0 Å². The first kappa shape index (κ1) is 11.6. The summed E-state index contributed by atoms with van der Waals surface area (Å²) < 4.78 is 0. The first-order valence-corrected chi connectivity index (χ1v) is 3.50. The van der Waals surface area contributed by atoms with Gasteiger partial charge in [-0.1, -0.05) is 6.58 Å². The molecule has 6 nitrogen and oxygen atoms in total. The second-order valence-corrected chi connectivity index (χ2v) is 2.37. The second kappa shape index (κ2) is 5.28. The molecule has 0 aromatic heterocycles. The molecule has 0 fully saturated rings. The van der Waals surface area contributed by atoms with Crippen molar-refractivity contribution in [3.05, 3.63) is 12.2 Å². The summed E-state index contributed by atoms with van der Waals surface area (Å²) in [6, 6.07) is 0. The van der Waals surface area contributed by atoms with Crippen LogP contribution >= 0.6 is 0 Å². The van der Waals surface area contributed by atoms with Crippen molar-refractivity contribution < 1.29 is 19.8 Å². The number of nitrogens with zero attached hydrogens (tertiary/aromatic N) is 1. The average Bonchev–Trinajstić information content (AvgIpc) is 2.05. The van der Waals surface area contributed by atoms with Gasteiger partial charge in [0.25, 0.3) is 5.91 Å². The number of primary amides is 1. The molecule has 0 spiro atoms. The van der Waals surface area contributed by atoms with Gasteiger partial charge in [-0.3, -0.25) is 14.5 Å². The molecule has 0 aliphatic heterocycles. The van der Waals surface area contributed by atoms with Crippen LogP contribution in [0, 0.1) is 0 Å². The summed E-state index contributed by atoms with van der Waals surface area (Å²) in [5.41, 5.74) is 4.76. The van der Waals surface area contributed by atoms with Gasteiger partial charge in [-0.25, -0.2) is 0 Å². The van der Waals surface area contributed by atoms with Gasteiger partial charge in [0.2, 0.25) is 5.91 Å². The molecule has 0 aliphatic rings. The maximum absolute atomic E-state index is 11.1. The molecule has 0 atom stereocenters. The smallest absolute Gasteiger partial charge is 0.253 e. The molecule has 0 aromatic carbocycles. The maximum atomic E-state index is 11.1. The van der Waals surface area contributed by atoms with Crippen molar-refractivity contribution in [2.75, 3.05) is 13.5 Å². The third-order valence-corrected chi connectivity index (χ3v) is 1.32. The van der Waals surface area contributed by atoms with E-state index in [0.29, 0.717) is 4.90 Å². The molecule has 0 aliphatic carbocycles. The van der Waals surface area contributed by atoms with Crippen LogP contribution in [0.25, 0.3) is 0 Å². The lowest BCUT2D eigenvalue weighted by Gasteiger charge is -2.17. The van der Waals surface area contributed by atoms with Crippen LogP contribution < -0.4 is 5.73 Å². The minimum atomic E-state index is -0.691. The summed E-state index contributed by atoms with van der Waals surface area (Å²) in [5.74, 6) is -1.38. The summed E-state index contributed by atoms with van der Waals surface area (Å²) in [7, 11) is 0. The topological polar surface area (TPSA) is 104 Å². The number of hydrogen-bond donors (Lipinski definition) is 3. The molecule has 0 bridgehead atoms. The zero-order chi connectivity index (χ0) is 10.4. The number of amides is 2. The predicted octanol–water partition coefficient (Wildman–Crippen LogP) is -1.85. The monoisotopic (exact) mass is 188 g/mol. The molecule has 4 N–H and O–H groups in total. The van der Waals surface area contributed by atoms with E-state index in [-0.39, 0.29) is 12.0 Å². The summed E-state index contributed by atoms with van der Waals surface area (Å²) in [5, 5.41) is 17.1. The van der Waals surface area contributed by atoms with Crippen molar-refractivity contribution >= 4 is 11.8 Å². The van der Waals surface area contributed by atoms with E-state index < -0.39 is 25.3 Å². The fourth-order valence-corrected chi connectivity index (χ4v) is 0.683. The number of rotatable bonds is 5. The summed E-state index contributed by atoms with van der Waals surface area (Å²) >= 11 is 0. The summed E-state index contributed by atoms with van der Waals surface area (Å²) in [6.45, 7) is 2.03. The first-order chi connectivity index (χ1) is 6.02. The Balaban J connectivity index is 4.24. The molecule has 74 valence electrons. The van der Waals surface area contributed by atoms with E-state index in [1.54, 1.807) is 0 Å². The van der Waals surface area contributed by atoms with Crippen molar-refractivity contribution in [2.24, 2.45) is 5.73 Å². The number of hydrogen-bond acceptors (Lipinski definition) is 4. The number of nitrogens with two attached hydrogens (primary N) is 1. The van der Waals surface area contributed by atoms with Gasteiger partial charge in [-0.2, -0.15) is 0 Å². The van der Waals surface area contributed by atoms with E-state index in [4.69, 9.17) is 15.9 Å². The third kappa shape index (κ3) is 3.68. The van der Waals surface area contributed by atoms with Crippen molar-refractivity contribution in [2.45, 2.75) is 6.42 Å². The standard InChI is InChI=1S/C7H12N2O4/c1-5(2-6(8)12)7(13)9(3-10)4-11/h10-11H,1-4H2,(H2,8,12). The van der Waals surface area contributed by atoms with Crippen LogP contribution in [0.15, 0.2) is 12.2 Å². The van der Waals surface area contributed by atoms with E-state index in [1.165, 1.54) is 0 Å². The highest BCUT2D eigenvalue weighted by Gasteiger charge is 2.15. The predicted molar refractivity (Wildman–Crippen MR) is 44.0 cm³/mol. The molecular weight excluding hydrogens is 176 g/mol. The Morgan fingerprint density at radius 1 is 1.31 bits per heavy atom. The molecule has 6 heteroatoms. The largest absolute Gasteiger partial charge is 0.376 e. The van der Waals surface area contributed by atoms with E-state index in [9.17, 15) is 9.59 Å². The van der Waals surface area contributed by atoms with Crippen LogP contribution in [0.3, 0.4) is 0 Å². The van der Waals surface area contributed by atoms with Crippen LogP contribution in [-0.4, -0.2) is 40.4 Å².